The molecule has 2 atom stereocenters. The van der Waals surface area contributed by atoms with Gasteiger partial charge in [0, 0.05) is 31.6 Å². The third kappa shape index (κ3) is 7.20. The van der Waals surface area contributed by atoms with Crippen molar-refractivity contribution in [3.63, 3.8) is 0 Å². The van der Waals surface area contributed by atoms with Crippen molar-refractivity contribution in [3.8, 4) is 17.2 Å². The van der Waals surface area contributed by atoms with Crippen LogP contribution in [0.25, 0.3) is 0 Å². The first-order chi connectivity index (χ1) is 22.9. The first-order valence-electron chi connectivity index (χ1n) is 16.0. The van der Waals surface area contributed by atoms with Crippen LogP contribution in [0.2, 0.25) is 0 Å². The Balaban J connectivity index is 1.35. The van der Waals surface area contributed by atoms with Gasteiger partial charge in [-0.2, -0.15) is 0 Å². The van der Waals surface area contributed by atoms with Crippen LogP contribution in [0.3, 0.4) is 0 Å². The van der Waals surface area contributed by atoms with Crippen molar-refractivity contribution in [1.82, 2.24) is 25.1 Å². The Morgan fingerprint density at radius 2 is 1.79 bits per heavy atom. The summed E-state index contributed by atoms with van der Waals surface area (Å²) in [4.78, 5) is 45.5. The van der Waals surface area contributed by atoms with E-state index >= 15 is 0 Å². The number of amides is 4. The van der Waals surface area contributed by atoms with Crippen LogP contribution >= 0.6 is 0 Å². The van der Waals surface area contributed by atoms with Crippen molar-refractivity contribution in [2.45, 2.75) is 44.6 Å². The van der Waals surface area contributed by atoms with Crippen LogP contribution in [0.15, 0.2) is 85.5 Å². The van der Waals surface area contributed by atoms with Gasteiger partial charge in [-0.25, -0.2) is 14.8 Å². The number of methoxy groups -OCH3 is 1. The third-order valence-electron chi connectivity index (χ3n) is 8.83. The molecule has 2 aliphatic heterocycles. The molecule has 3 aromatic rings. The summed E-state index contributed by atoms with van der Waals surface area (Å²) in [5.74, 6) is 1.31. The molecule has 1 aliphatic carbocycles. The number of hydrazine groups is 1. The fourth-order valence-corrected chi connectivity index (χ4v) is 6.26. The first-order valence-corrected chi connectivity index (χ1v) is 16.0. The minimum absolute atomic E-state index is 0.0856. The Morgan fingerprint density at radius 3 is 2.49 bits per heavy atom. The van der Waals surface area contributed by atoms with Gasteiger partial charge < -0.3 is 29.7 Å². The SMILES string of the molecule is C=CCN1CC(=O)N2[C@@H](Cc3ccc(O)cc3)C(=O)N(Cc3cccc(OC)c3OCC3CC3)C[C@@H]2N1C(=O)NCc1ccccc1. The van der Waals surface area contributed by atoms with Gasteiger partial charge in [0.25, 0.3) is 0 Å². The lowest BCUT2D eigenvalue weighted by molar-refractivity contribution is -0.189. The van der Waals surface area contributed by atoms with E-state index in [0.717, 1.165) is 29.5 Å². The number of carbonyl (C=O) groups excluding carboxylic acids is 3. The topological polar surface area (TPSA) is 115 Å². The number of hydrogen-bond acceptors (Lipinski definition) is 7. The average molecular weight is 640 g/mol. The molecule has 0 bridgehead atoms. The lowest BCUT2D eigenvalue weighted by Gasteiger charge is -2.55. The molecular weight excluding hydrogens is 598 g/mol. The van der Waals surface area contributed by atoms with Crippen LogP contribution < -0.4 is 14.8 Å². The largest absolute Gasteiger partial charge is 0.508 e. The van der Waals surface area contributed by atoms with Gasteiger partial charge in [0.05, 0.1) is 26.8 Å². The fourth-order valence-electron chi connectivity index (χ4n) is 6.26. The van der Waals surface area contributed by atoms with Gasteiger partial charge in [0.1, 0.15) is 18.0 Å². The Labute approximate surface area is 274 Å². The number of rotatable bonds is 12. The summed E-state index contributed by atoms with van der Waals surface area (Å²) in [6, 6.07) is 20.5. The van der Waals surface area contributed by atoms with E-state index in [0.29, 0.717) is 30.6 Å². The minimum Gasteiger partial charge on any atom is -0.508 e. The van der Waals surface area contributed by atoms with Crippen molar-refractivity contribution in [2.24, 2.45) is 5.92 Å². The molecule has 11 heteroatoms. The van der Waals surface area contributed by atoms with Crippen LogP contribution in [0.4, 0.5) is 4.79 Å². The zero-order valence-electron chi connectivity index (χ0n) is 26.6. The molecular formula is C36H41N5O6. The summed E-state index contributed by atoms with van der Waals surface area (Å²) in [5, 5.41) is 16.1. The number of aromatic hydroxyl groups is 1. The van der Waals surface area contributed by atoms with E-state index in [-0.39, 0.29) is 56.2 Å². The van der Waals surface area contributed by atoms with Crippen LogP contribution in [-0.2, 0) is 29.1 Å². The number of phenols is 1. The van der Waals surface area contributed by atoms with Gasteiger partial charge in [-0.1, -0.05) is 60.7 Å². The van der Waals surface area contributed by atoms with E-state index in [1.54, 1.807) is 57.3 Å². The van der Waals surface area contributed by atoms with Crippen LogP contribution in [0.1, 0.15) is 29.5 Å². The molecule has 3 aliphatic rings. The summed E-state index contributed by atoms with van der Waals surface area (Å²) in [5.41, 5.74) is 2.49. The van der Waals surface area contributed by atoms with Gasteiger partial charge in [0.2, 0.25) is 11.8 Å². The number of carbonyl (C=O) groups is 3. The molecule has 3 aromatic carbocycles. The summed E-state index contributed by atoms with van der Waals surface area (Å²) in [7, 11) is 1.59. The van der Waals surface area contributed by atoms with E-state index in [1.165, 1.54) is 0 Å². The van der Waals surface area contributed by atoms with Crippen molar-refractivity contribution >= 4 is 17.8 Å². The monoisotopic (exact) mass is 639 g/mol. The number of hydrogen-bond donors (Lipinski definition) is 2. The predicted octanol–water partition coefficient (Wildman–Crippen LogP) is 3.93. The molecule has 0 spiro atoms. The highest BCUT2D eigenvalue weighted by Gasteiger charge is 2.51. The number of benzene rings is 3. The molecule has 11 nitrogen and oxygen atoms in total. The molecule has 0 unspecified atom stereocenters. The quantitative estimate of drug-likeness (QED) is 0.289. The van der Waals surface area contributed by atoms with E-state index in [2.05, 4.69) is 11.9 Å². The molecule has 0 aromatic heterocycles. The van der Waals surface area contributed by atoms with Gasteiger partial charge in [-0.05, 0) is 48.1 Å². The maximum Gasteiger partial charge on any atom is 0.334 e. The number of nitrogens with one attached hydrogen (secondary N) is 1. The number of ether oxygens (including phenoxy) is 2. The number of para-hydroxylation sites is 1. The number of nitrogens with zero attached hydrogens (tertiary/aromatic N) is 4. The smallest absolute Gasteiger partial charge is 0.334 e. The van der Waals surface area contributed by atoms with E-state index < -0.39 is 12.2 Å². The lowest BCUT2D eigenvalue weighted by Crippen LogP contribution is -2.76. The summed E-state index contributed by atoms with van der Waals surface area (Å²) >= 11 is 0. The molecule has 246 valence electrons. The molecule has 6 rings (SSSR count). The van der Waals surface area contributed by atoms with Crippen molar-refractivity contribution in [1.29, 1.82) is 0 Å². The van der Waals surface area contributed by atoms with Gasteiger partial charge in [0.15, 0.2) is 11.5 Å². The van der Waals surface area contributed by atoms with E-state index in [1.807, 2.05) is 48.5 Å². The van der Waals surface area contributed by atoms with Crippen LogP contribution in [0.5, 0.6) is 17.2 Å². The maximum atomic E-state index is 14.4. The molecule has 3 fully saturated rings. The number of phenolic OH excluding ortho intramolecular Hbond substituents is 1. The highest BCUT2D eigenvalue weighted by atomic mass is 16.5. The fraction of sp³-hybridized carbons (Fsp3) is 0.361. The maximum absolute atomic E-state index is 14.4. The second kappa shape index (κ2) is 14.2. The van der Waals surface area contributed by atoms with Gasteiger partial charge in [-0.15, -0.1) is 6.58 Å². The number of urea groups is 1. The number of fused-ring (bicyclic) bond motifs is 1. The molecule has 2 N–H and O–H groups in total. The molecule has 47 heavy (non-hydrogen) atoms. The normalized spacial score (nSPS) is 19.7. The van der Waals surface area contributed by atoms with Gasteiger partial charge >= 0.3 is 6.03 Å². The van der Waals surface area contributed by atoms with E-state index in [9.17, 15) is 19.5 Å². The first kappa shape index (κ1) is 31.9. The predicted molar refractivity (Wildman–Crippen MR) is 175 cm³/mol. The van der Waals surface area contributed by atoms with E-state index in [4.69, 9.17) is 9.47 Å². The minimum atomic E-state index is -0.887. The molecule has 4 amide bonds. The Bertz CT molecular complexity index is 1600. The Morgan fingerprint density at radius 1 is 1.02 bits per heavy atom. The highest BCUT2D eigenvalue weighted by molar-refractivity contribution is 5.91. The average Bonchev–Trinajstić information content (AvgIpc) is 3.91. The molecule has 0 radical (unpaired) electrons. The molecule has 2 saturated heterocycles. The van der Waals surface area contributed by atoms with Crippen molar-refractivity contribution < 1.29 is 29.0 Å². The second-order valence-electron chi connectivity index (χ2n) is 12.2. The number of piperazine rings is 1. The Hall–Kier alpha value is -5.03. The molecule has 1 saturated carbocycles. The van der Waals surface area contributed by atoms with Crippen molar-refractivity contribution in [3.05, 3.63) is 102 Å². The third-order valence-corrected chi connectivity index (χ3v) is 8.83. The van der Waals surface area contributed by atoms with Crippen LogP contribution in [-0.4, -0.2) is 88.3 Å². The highest BCUT2D eigenvalue weighted by Crippen LogP contribution is 2.37. The summed E-state index contributed by atoms with van der Waals surface area (Å²) < 4.78 is 11.9. The van der Waals surface area contributed by atoms with Crippen molar-refractivity contribution in [2.75, 3.05) is 33.4 Å². The summed E-state index contributed by atoms with van der Waals surface area (Å²) in [6.45, 7) is 5.18. The Kier molecular flexibility index (Phi) is 9.63. The lowest BCUT2D eigenvalue weighted by atomic mass is 9.98. The zero-order chi connectivity index (χ0) is 32.9. The summed E-state index contributed by atoms with van der Waals surface area (Å²) in [6.07, 6.45) is 3.33. The van der Waals surface area contributed by atoms with Crippen LogP contribution in [0, 0.1) is 5.92 Å². The second-order valence-corrected chi connectivity index (χ2v) is 12.2. The standard InChI is InChI=1S/C36H41N5O6/c1-3-18-39-23-33(43)40-30(19-25-14-16-29(42)17-15-25)35(44)38(21-28-10-7-11-31(46-2)34(28)47-24-27-12-13-27)22-32(40)41(39)36(45)37-20-26-8-5-4-6-9-26/h3-11,14-17,27,30,32,42H,1,12-13,18-24H2,2H3,(H,37,45)/t30-,32-/m0/s1. The molecule has 2 heterocycles. The van der Waals surface area contributed by atoms with Gasteiger partial charge in [-0.3, -0.25) is 9.59 Å². The zero-order valence-corrected chi connectivity index (χ0v) is 26.6.